The van der Waals surface area contributed by atoms with E-state index in [1.54, 1.807) is 13.0 Å². The molecule has 0 spiro atoms. The van der Waals surface area contributed by atoms with Crippen LogP contribution in [0.1, 0.15) is 21.8 Å². The molecule has 0 saturated heterocycles. The summed E-state index contributed by atoms with van der Waals surface area (Å²) >= 11 is 0. The molecule has 0 atom stereocenters. The number of nitro groups is 1. The second-order valence-corrected chi connectivity index (χ2v) is 3.97. The number of aromatic nitrogens is 1. The molecule has 20 heavy (non-hydrogen) atoms. The number of carboxylic acid groups (broad SMARTS) is 1. The summed E-state index contributed by atoms with van der Waals surface area (Å²) in [5.41, 5.74) is 0.0695. The molecule has 0 bridgehead atoms. The average molecular weight is 278 g/mol. The third-order valence-corrected chi connectivity index (χ3v) is 2.45. The van der Waals surface area contributed by atoms with E-state index in [-0.39, 0.29) is 17.9 Å². The molecule has 1 N–H and O–H groups in total. The first-order valence-electron chi connectivity index (χ1n) is 5.54. The molecule has 1 aromatic heterocycles. The number of carboxylic acids is 1. The SMILES string of the molecule is Cc1cc(COc2ccc(C(=O)O)cc2[N+](=O)[O-])on1. The van der Waals surface area contributed by atoms with E-state index in [0.29, 0.717) is 11.5 Å². The summed E-state index contributed by atoms with van der Waals surface area (Å²) in [5, 5.41) is 23.4. The first kappa shape index (κ1) is 13.5. The third-order valence-electron chi connectivity index (χ3n) is 2.45. The van der Waals surface area contributed by atoms with Gasteiger partial charge in [0.2, 0.25) is 0 Å². The van der Waals surface area contributed by atoms with Gasteiger partial charge in [0.25, 0.3) is 0 Å². The molecule has 0 radical (unpaired) electrons. The monoisotopic (exact) mass is 278 g/mol. The van der Waals surface area contributed by atoms with E-state index >= 15 is 0 Å². The largest absolute Gasteiger partial charge is 0.479 e. The van der Waals surface area contributed by atoms with Crippen molar-refractivity contribution in [3.05, 3.63) is 51.4 Å². The zero-order valence-electron chi connectivity index (χ0n) is 10.4. The molecule has 1 aromatic carbocycles. The van der Waals surface area contributed by atoms with Crippen LogP contribution in [0.5, 0.6) is 5.75 Å². The lowest BCUT2D eigenvalue weighted by atomic mass is 10.2. The summed E-state index contributed by atoms with van der Waals surface area (Å²) in [6, 6.07) is 5.06. The number of nitro benzene ring substituents is 1. The lowest BCUT2D eigenvalue weighted by molar-refractivity contribution is -0.386. The van der Waals surface area contributed by atoms with Gasteiger partial charge in [0.1, 0.15) is 6.61 Å². The summed E-state index contributed by atoms with van der Waals surface area (Å²) in [5.74, 6) is -0.862. The molecule has 0 aliphatic heterocycles. The van der Waals surface area contributed by atoms with Crippen LogP contribution in [-0.2, 0) is 6.61 Å². The standard InChI is InChI=1S/C12H10N2O6/c1-7-4-9(20-13-7)6-19-11-3-2-8(12(15)16)5-10(11)14(17)18/h2-5H,6H2,1H3,(H,15,16). The Balaban J connectivity index is 2.22. The fourth-order valence-corrected chi connectivity index (χ4v) is 1.55. The van der Waals surface area contributed by atoms with Gasteiger partial charge in [-0.2, -0.15) is 0 Å². The van der Waals surface area contributed by atoms with Gasteiger partial charge in [0.05, 0.1) is 16.2 Å². The van der Waals surface area contributed by atoms with Gasteiger partial charge >= 0.3 is 11.7 Å². The van der Waals surface area contributed by atoms with Gasteiger partial charge in [0.15, 0.2) is 11.5 Å². The number of hydrogen-bond donors (Lipinski definition) is 1. The smallest absolute Gasteiger partial charge is 0.335 e. The Morgan fingerprint density at radius 2 is 2.25 bits per heavy atom. The van der Waals surface area contributed by atoms with Gasteiger partial charge in [-0.1, -0.05) is 5.16 Å². The van der Waals surface area contributed by atoms with Crippen LogP contribution in [0.2, 0.25) is 0 Å². The molecule has 104 valence electrons. The Kier molecular flexibility index (Phi) is 3.65. The molecule has 0 fully saturated rings. The number of nitrogens with zero attached hydrogens (tertiary/aromatic N) is 2. The van der Waals surface area contributed by atoms with E-state index in [0.717, 1.165) is 6.07 Å². The number of ether oxygens (including phenoxy) is 1. The first-order chi connectivity index (χ1) is 9.47. The van der Waals surface area contributed by atoms with Crippen LogP contribution in [0.25, 0.3) is 0 Å². The van der Waals surface area contributed by atoms with Crippen molar-refractivity contribution in [2.45, 2.75) is 13.5 Å². The Morgan fingerprint density at radius 1 is 1.50 bits per heavy atom. The summed E-state index contributed by atoms with van der Waals surface area (Å²) in [6.45, 7) is 1.70. The Hall–Kier alpha value is -2.90. The Labute approximate surface area is 112 Å². The van der Waals surface area contributed by atoms with Crippen molar-refractivity contribution in [1.29, 1.82) is 0 Å². The van der Waals surface area contributed by atoms with E-state index in [4.69, 9.17) is 14.4 Å². The van der Waals surface area contributed by atoms with Crippen molar-refractivity contribution < 1.29 is 24.1 Å². The second-order valence-electron chi connectivity index (χ2n) is 3.97. The van der Waals surface area contributed by atoms with E-state index < -0.39 is 16.6 Å². The van der Waals surface area contributed by atoms with Crippen LogP contribution >= 0.6 is 0 Å². The fourth-order valence-electron chi connectivity index (χ4n) is 1.55. The highest BCUT2D eigenvalue weighted by molar-refractivity contribution is 5.88. The maximum absolute atomic E-state index is 10.9. The number of benzene rings is 1. The van der Waals surface area contributed by atoms with Crippen LogP contribution in [0.3, 0.4) is 0 Å². The summed E-state index contributed by atoms with van der Waals surface area (Å²) in [6.07, 6.45) is 0. The second kappa shape index (κ2) is 5.39. The molecule has 8 nitrogen and oxygen atoms in total. The van der Waals surface area contributed by atoms with E-state index in [1.165, 1.54) is 12.1 Å². The topological polar surface area (TPSA) is 116 Å². The highest BCUT2D eigenvalue weighted by Crippen LogP contribution is 2.28. The van der Waals surface area contributed by atoms with Gasteiger partial charge in [-0.05, 0) is 19.1 Å². The third kappa shape index (κ3) is 2.91. The Morgan fingerprint density at radius 3 is 2.80 bits per heavy atom. The number of rotatable bonds is 5. The maximum atomic E-state index is 10.9. The fraction of sp³-hybridized carbons (Fsp3) is 0.167. The van der Waals surface area contributed by atoms with Crippen molar-refractivity contribution >= 4 is 11.7 Å². The van der Waals surface area contributed by atoms with Gasteiger partial charge in [-0.15, -0.1) is 0 Å². The van der Waals surface area contributed by atoms with Crippen molar-refractivity contribution in [2.24, 2.45) is 0 Å². The van der Waals surface area contributed by atoms with Crippen molar-refractivity contribution in [1.82, 2.24) is 5.16 Å². The summed E-state index contributed by atoms with van der Waals surface area (Å²) < 4.78 is 10.2. The molecule has 0 unspecified atom stereocenters. The van der Waals surface area contributed by atoms with Crippen LogP contribution in [0.4, 0.5) is 5.69 Å². The normalized spacial score (nSPS) is 10.2. The predicted octanol–water partition coefficient (Wildman–Crippen LogP) is 2.17. The quantitative estimate of drug-likeness (QED) is 0.658. The molecule has 2 rings (SSSR count). The van der Waals surface area contributed by atoms with Gasteiger partial charge < -0.3 is 14.4 Å². The molecule has 8 heteroatoms. The van der Waals surface area contributed by atoms with Gasteiger partial charge in [-0.3, -0.25) is 10.1 Å². The minimum atomic E-state index is -1.24. The highest BCUT2D eigenvalue weighted by atomic mass is 16.6. The number of aryl methyl sites for hydroxylation is 1. The predicted molar refractivity (Wildman–Crippen MR) is 65.6 cm³/mol. The zero-order chi connectivity index (χ0) is 14.7. The first-order valence-corrected chi connectivity index (χ1v) is 5.54. The maximum Gasteiger partial charge on any atom is 0.335 e. The number of hydrogen-bond acceptors (Lipinski definition) is 6. The van der Waals surface area contributed by atoms with Crippen LogP contribution in [0.15, 0.2) is 28.8 Å². The number of carbonyl (C=O) groups is 1. The molecule has 1 heterocycles. The lowest BCUT2D eigenvalue weighted by Crippen LogP contribution is -2.02. The van der Waals surface area contributed by atoms with E-state index in [2.05, 4.69) is 5.16 Å². The summed E-state index contributed by atoms with van der Waals surface area (Å²) in [4.78, 5) is 21.0. The van der Waals surface area contributed by atoms with Crippen LogP contribution < -0.4 is 4.74 Å². The van der Waals surface area contributed by atoms with Crippen molar-refractivity contribution in [3.63, 3.8) is 0 Å². The zero-order valence-corrected chi connectivity index (χ0v) is 10.4. The van der Waals surface area contributed by atoms with Crippen LogP contribution in [-0.4, -0.2) is 21.2 Å². The molecule has 2 aromatic rings. The minimum absolute atomic E-state index is 0.0333. The van der Waals surface area contributed by atoms with Crippen molar-refractivity contribution in [2.75, 3.05) is 0 Å². The summed E-state index contributed by atoms with van der Waals surface area (Å²) in [7, 11) is 0. The van der Waals surface area contributed by atoms with E-state index in [1.807, 2.05) is 0 Å². The lowest BCUT2D eigenvalue weighted by Gasteiger charge is -2.05. The van der Waals surface area contributed by atoms with Gasteiger partial charge in [-0.25, -0.2) is 4.79 Å². The molecule has 0 amide bonds. The number of aromatic carboxylic acids is 1. The molecule has 0 saturated carbocycles. The minimum Gasteiger partial charge on any atom is -0.479 e. The highest BCUT2D eigenvalue weighted by Gasteiger charge is 2.19. The van der Waals surface area contributed by atoms with Crippen molar-refractivity contribution in [3.8, 4) is 5.75 Å². The molecule has 0 aliphatic carbocycles. The van der Waals surface area contributed by atoms with E-state index in [9.17, 15) is 14.9 Å². The molecular formula is C12H10N2O6. The molecular weight excluding hydrogens is 268 g/mol. The molecule has 0 aliphatic rings. The van der Waals surface area contributed by atoms with Crippen LogP contribution in [0, 0.1) is 17.0 Å². The Bertz CT molecular complexity index is 664. The average Bonchev–Trinajstić information content (AvgIpc) is 2.81. The van der Waals surface area contributed by atoms with Gasteiger partial charge in [0, 0.05) is 12.1 Å².